The van der Waals surface area contributed by atoms with Crippen molar-refractivity contribution in [1.82, 2.24) is 0 Å². The highest BCUT2D eigenvalue weighted by molar-refractivity contribution is 6.12. The lowest BCUT2D eigenvalue weighted by Crippen LogP contribution is -2.45. The third-order valence-corrected chi connectivity index (χ3v) is 8.79. The molecule has 1 aliphatic heterocycles. The van der Waals surface area contributed by atoms with Gasteiger partial charge in [0.15, 0.2) is 0 Å². The van der Waals surface area contributed by atoms with Crippen LogP contribution in [0.3, 0.4) is 0 Å². The second-order valence-electron chi connectivity index (χ2n) is 10.4. The van der Waals surface area contributed by atoms with Gasteiger partial charge in [0.05, 0.1) is 5.54 Å². The van der Waals surface area contributed by atoms with Crippen LogP contribution in [0.2, 0.25) is 0 Å². The molecule has 3 atom stereocenters. The molecule has 2 aliphatic rings. The van der Waals surface area contributed by atoms with Crippen molar-refractivity contribution < 1.29 is 0 Å². The van der Waals surface area contributed by atoms with Crippen LogP contribution in [-0.2, 0) is 0 Å². The van der Waals surface area contributed by atoms with Crippen LogP contribution >= 0.6 is 0 Å². The summed E-state index contributed by atoms with van der Waals surface area (Å²) in [6, 6.07) is 38.3. The first-order valence-corrected chi connectivity index (χ1v) is 12.6. The van der Waals surface area contributed by atoms with Gasteiger partial charge in [-0.1, -0.05) is 79.7 Å². The van der Waals surface area contributed by atoms with Crippen molar-refractivity contribution in [2.24, 2.45) is 5.92 Å². The average Bonchev–Trinajstić information content (AvgIpc) is 3.31. The van der Waals surface area contributed by atoms with E-state index < -0.39 is 0 Å². The summed E-state index contributed by atoms with van der Waals surface area (Å²) >= 11 is 0. The minimum Gasteiger partial charge on any atom is -0.334 e. The second kappa shape index (κ2) is 7.21. The predicted octanol–water partition coefficient (Wildman–Crippen LogP) is 9.08. The minimum atomic E-state index is 0.114. The van der Waals surface area contributed by atoms with Gasteiger partial charge < -0.3 is 4.90 Å². The molecule has 1 heterocycles. The molecule has 1 saturated carbocycles. The van der Waals surface area contributed by atoms with Crippen LogP contribution in [0.4, 0.5) is 11.4 Å². The SMILES string of the molecule is CC1CCC2c3cc(-c4c5ccccc5cc5ccccc45)ccc3N(c3ccccc3)C12C. The Labute approximate surface area is 201 Å². The normalized spacial score (nSPS) is 23.4. The number of benzene rings is 5. The van der Waals surface area contributed by atoms with Gasteiger partial charge in [0.2, 0.25) is 0 Å². The first kappa shape index (κ1) is 19.9. The molecule has 3 unspecified atom stereocenters. The molecule has 1 fully saturated rings. The Hall–Kier alpha value is -3.58. The van der Waals surface area contributed by atoms with Crippen molar-refractivity contribution >= 4 is 32.9 Å². The number of nitrogens with zero attached hydrogens (tertiary/aromatic N) is 1. The molecule has 0 spiro atoms. The lowest BCUT2D eigenvalue weighted by atomic mass is 9.81. The van der Waals surface area contributed by atoms with Crippen LogP contribution in [0.5, 0.6) is 0 Å². The fourth-order valence-electron chi connectivity index (χ4n) is 6.96. The van der Waals surface area contributed by atoms with Gasteiger partial charge in [-0.3, -0.25) is 0 Å². The van der Waals surface area contributed by atoms with E-state index in [1.165, 1.54) is 62.5 Å². The minimum absolute atomic E-state index is 0.114. The Balaban J connectivity index is 1.50. The summed E-state index contributed by atoms with van der Waals surface area (Å²) in [7, 11) is 0. The van der Waals surface area contributed by atoms with Crippen LogP contribution in [0, 0.1) is 5.92 Å². The zero-order valence-electron chi connectivity index (χ0n) is 19.8. The summed E-state index contributed by atoms with van der Waals surface area (Å²) in [6.45, 7) is 4.94. The quantitative estimate of drug-likeness (QED) is 0.248. The molecule has 5 aromatic rings. The van der Waals surface area contributed by atoms with E-state index in [0.717, 1.165) is 0 Å². The van der Waals surface area contributed by atoms with Crippen LogP contribution < -0.4 is 4.90 Å². The van der Waals surface area contributed by atoms with E-state index in [4.69, 9.17) is 0 Å². The fraction of sp³-hybridized carbons (Fsp3) is 0.212. The summed E-state index contributed by atoms with van der Waals surface area (Å²) in [5.74, 6) is 1.20. The zero-order chi connectivity index (χ0) is 22.9. The molecule has 1 heteroatoms. The predicted molar refractivity (Wildman–Crippen MR) is 145 cm³/mol. The van der Waals surface area contributed by atoms with Gasteiger partial charge in [0.25, 0.3) is 0 Å². The maximum Gasteiger partial charge on any atom is 0.0518 e. The number of fused-ring (bicyclic) bond motifs is 5. The first-order chi connectivity index (χ1) is 16.7. The molecule has 0 bridgehead atoms. The van der Waals surface area contributed by atoms with Gasteiger partial charge in [-0.2, -0.15) is 0 Å². The van der Waals surface area contributed by atoms with Crippen molar-refractivity contribution in [3.63, 3.8) is 0 Å². The van der Waals surface area contributed by atoms with Crippen molar-refractivity contribution in [2.45, 2.75) is 38.1 Å². The summed E-state index contributed by atoms with van der Waals surface area (Å²) in [4.78, 5) is 2.65. The van der Waals surface area contributed by atoms with Crippen LogP contribution in [0.1, 0.15) is 38.2 Å². The fourth-order valence-corrected chi connectivity index (χ4v) is 6.96. The van der Waals surface area contributed by atoms with E-state index in [2.05, 4.69) is 122 Å². The topological polar surface area (TPSA) is 3.24 Å². The summed E-state index contributed by atoms with van der Waals surface area (Å²) in [6.07, 6.45) is 2.54. The van der Waals surface area contributed by atoms with E-state index in [1.54, 1.807) is 0 Å². The molecule has 0 aromatic heterocycles. The number of hydrogen-bond donors (Lipinski definition) is 0. The van der Waals surface area contributed by atoms with E-state index in [0.29, 0.717) is 11.8 Å². The number of rotatable bonds is 2. The van der Waals surface area contributed by atoms with Crippen molar-refractivity contribution in [2.75, 3.05) is 4.90 Å². The molecule has 1 nitrogen and oxygen atoms in total. The monoisotopic (exact) mass is 439 g/mol. The van der Waals surface area contributed by atoms with Crippen molar-refractivity contribution in [3.8, 4) is 11.1 Å². The molecule has 7 rings (SSSR count). The van der Waals surface area contributed by atoms with Gasteiger partial charge in [-0.15, -0.1) is 0 Å². The highest BCUT2D eigenvalue weighted by Gasteiger charge is 2.55. The Bertz CT molecular complexity index is 1500. The summed E-state index contributed by atoms with van der Waals surface area (Å²) < 4.78 is 0. The average molecular weight is 440 g/mol. The summed E-state index contributed by atoms with van der Waals surface area (Å²) in [5, 5.41) is 5.28. The summed E-state index contributed by atoms with van der Waals surface area (Å²) in [5.41, 5.74) is 7.03. The maximum absolute atomic E-state index is 2.65. The molecular formula is C33H29N. The van der Waals surface area contributed by atoms with E-state index >= 15 is 0 Å². The molecule has 0 N–H and O–H groups in total. The molecule has 166 valence electrons. The Kier molecular flexibility index (Phi) is 4.21. The third-order valence-electron chi connectivity index (χ3n) is 8.79. The first-order valence-electron chi connectivity index (χ1n) is 12.6. The van der Waals surface area contributed by atoms with E-state index in [1.807, 2.05) is 0 Å². The van der Waals surface area contributed by atoms with Gasteiger partial charge >= 0.3 is 0 Å². The largest absolute Gasteiger partial charge is 0.334 e. The van der Waals surface area contributed by atoms with Gasteiger partial charge in [-0.25, -0.2) is 0 Å². The molecule has 0 radical (unpaired) electrons. The molecular weight excluding hydrogens is 410 g/mol. The standard InChI is InChI=1S/C33H29N/c1-22-16-18-30-29-21-25(17-19-31(29)34(33(22,30)2)26-12-4-3-5-13-26)32-27-14-8-6-10-23(27)20-24-11-7-9-15-28(24)32/h3-15,17,19-22,30H,16,18H2,1-2H3. The number of hydrogen-bond acceptors (Lipinski definition) is 1. The van der Waals surface area contributed by atoms with Crippen LogP contribution in [0.25, 0.3) is 32.7 Å². The van der Waals surface area contributed by atoms with Gasteiger partial charge in [0, 0.05) is 17.3 Å². The van der Waals surface area contributed by atoms with Crippen LogP contribution in [-0.4, -0.2) is 5.54 Å². The Morgan fingerprint density at radius 3 is 2.06 bits per heavy atom. The van der Waals surface area contributed by atoms with E-state index in [9.17, 15) is 0 Å². The molecule has 0 saturated heterocycles. The molecule has 1 aliphatic carbocycles. The highest BCUT2D eigenvalue weighted by atomic mass is 15.2. The maximum atomic E-state index is 2.65. The lowest BCUT2D eigenvalue weighted by molar-refractivity contribution is 0.355. The van der Waals surface area contributed by atoms with Gasteiger partial charge in [-0.05, 0) is 94.3 Å². The highest BCUT2D eigenvalue weighted by Crippen LogP contribution is 2.61. The Morgan fingerprint density at radius 2 is 1.35 bits per heavy atom. The van der Waals surface area contributed by atoms with Crippen LogP contribution in [0.15, 0.2) is 103 Å². The smallest absolute Gasteiger partial charge is 0.0518 e. The molecule has 0 amide bonds. The van der Waals surface area contributed by atoms with Crippen molar-refractivity contribution in [3.05, 3.63) is 109 Å². The number of para-hydroxylation sites is 1. The van der Waals surface area contributed by atoms with Crippen molar-refractivity contribution in [1.29, 1.82) is 0 Å². The van der Waals surface area contributed by atoms with E-state index in [-0.39, 0.29) is 5.54 Å². The Morgan fingerprint density at radius 1 is 0.706 bits per heavy atom. The van der Waals surface area contributed by atoms with Gasteiger partial charge in [0.1, 0.15) is 0 Å². The molecule has 34 heavy (non-hydrogen) atoms. The zero-order valence-corrected chi connectivity index (χ0v) is 19.8. The number of anilines is 2. The molecule has 5 aromatic carbocycles. The second-order valence-corrected chi connectivity index (χ2v) is 10.4. The third kappa shape index (κ3) is 2.61. The lowest BCUT2D eigenvalue weighted by Gasteiger charge is -2.41.